The molecular weight excluding hydrogens is 244 g/mol. The van der Waals surface area contributed by atoms with E-state index in [1.807, 2.05) is 30.3 Å². The van der Waals surface area contributed by atoms with E-state index in [-0.39, 0.29) is 6.42 Å². The van der Waals surface area contributed by atoms with Gasteiger partial charge in [0.1, 0.15) is 11.5 Å². The lowest BCUT2D eigenvalue weighted by molar-refractivity contribution is -0.139. The maximum atomic E-state index is 10.5. The molecule has 0 aliphatic rings. The van der Waals surface area contributed by atoms with Gasteiger partial charge in [0, 0.05) is 0 Å². The largest absolute Gasteiger partial charge is 0.481 e. The summed E-state index contributed by atoms with van der Waals surface area (Å²) < 4.78 is 5.60. The van der Waals surface area contributed by atoms with Crippen LogP contribution in [0.15, 0.2) is 54.6 Å². The molecule has 0 bridgehead atoms. The number of rotatable bonds is 5. The molecule has 0 aromatic heterocycles. The number of aliphatic hydroxyl groups excluding tert-OH is 1. The van der Waals surface area contributed by atoms with Gasteiger partial charge in [-0.2, -0.15) is 0 Å². The molecule has 4 nitrogen and oxygen atoms in total. The highest BCUT2D eigenvalue weighted by Gasteiger charge is 2.11. The molecule has 4 heteroatoms. The summed E-state index contributed by atoms with van der Waals surface area (Å²) in [4.78, 5) is 10.5. The molecule has 1 atom stereocenters. The minimum Gasteiger partial charge on any atom is -0.481 e. The Bertz CT molecular complexity index is 534. The van der Waals surface area contributed by atoms with Crippen LogP contribution in [0, 0.1) is 0 Å². The molecule has 0 fully saturated rings. The molecular formula is C15H14O4. The quantitative estimate of drug-likeness (QED) is 0.865. The van der Waals surface area contributed by atoms with Crippen molar-refractivity contribution < 1.29 is 19.7 Å². The van der Waals surface area contributed by atoms with E-state index in [4.69, 9.17) is 9.84 Å². The maximum absolute atomic E-state index is 10.5. The lowest BCUT2D eigenvalue weighted by Gasteiger charge is -2.10. The first-order chi connectivity index (χ1) is 9.15. The van der Waals surface area contributed by atoms with Crippen LogP contribution in [-0.4, -0.2) is 16.2 Å². The summed E-state index contributed by atoms with van der Waals surface area (Å²) in [5.74, 6) is 0.330. The lowest BCUT2D eigenvalue weighted by atomic mass is 10.1. The Morgan fingerprint density at radius 2 is 1.58 bits per heavy atom. The fourth-order valence-corrected chi connectivity index (χ4v) is 1.67. The first-order valence-corrected chi connectivity index (χ1v) is 5.88. The normalized spacial score (nSPS) is 11.8. The second-order valence-electron chi connectivity index (χ2n) is 4.10. The van der Waals surface area contributed by atoms with Gasteiger partial charge in [0.2, 0.25) is 0 Å². The number of ether oxygens (including phenoxy) is 1. The molecule has 0 saturated carbocycles. The van der Waals surface area contributed by atoms with Crippen LogP contribution in [0.4, 0.5) is 0 Å². The number of hydrogen-bond donors (Lipinski definition) is 2. The topological polar surface area (TPSA) is 66.8 Å². The van der Waals surface area contributed by atoms with E-state index in [9.17, 15) is 9.90 Å². The number of benzene rings is 2. The van der Waals surface area contributed by atoms with Gasteiger partial charge in [0.25, 0.3) is 0 Å². The first kappa shape index (κ1) is 13.1. The van der Waals surface area contributed by atoms with Gasteiger partial charge in [0.15, 0.2) is 0 Å². The number of aliphatic hydroxyl groups is 1. The molecule has 98 valence electrons. The fourth-order valence-electron chi connectivity index (χ4n) is 1.67. The zero-order valence-corrected chi connectivity index (χ0v) is 10.2. The first-order valence-electron chi connectivity index (χ1n) is 5.88. The summed E-state index contributed by atoms with van der Waals surface area (Å²) in [5.41, 5.74) is 0.558. The predicted octanol–water partition coefficient (Wildman–Crippen LogP) is 2.99. The van der Waals surface area contributed by atoms with E-state index >= 15 is 0 Å². The Morgan fingerprint density at radius 3 is 2.16 bits per heavy atom. The number of aliphatic carboxylic acids is 1. The Balaban J connectivity index is 2.04. The van der Waals surface area contributed by atoms with Gasteiger partial charge in [-0.3, -0.25) is 4.79 Å². The predicted molar refractivity (Wildman–Crippen MR) is 70.2 cm³/mol. The van der Waals surface area contributed by atoms with Crippen LogP contribution >= 0.6 is 0 Å². The Morgan fingerprint density at radius 1 is 1.00 bits per heavy atom. The van der Waals surface area contributed by atoms with Crippen molar-refractivity contribution in [2.24, 2.45) is 0 Å². The van der Waals surface area contributed by atoms with Crippen LogP contribution in [-0.2, 0) is 4.79 Å². The van der Waals surface area contributed by atoms with Gasteiger partial charge in [-0.1, -0.05) is 30.3 Å². The number of hydrogen-bond acceptors (Lipinski definition) is 3. The second kappa shape index (κ2) is 6.02. The molecule has 2 rings (SSSR count). The third kappa shape index (κ3) is 3.82. The molecule has 0 aliphatic heterocycles. The van der Waals surface area contributed by atoms with Crippen molar-refractivity contribution in [2.75, 3.05) is 0 Å². The van der Waals surface area contributed by atoms with E-state index in [0.29, 0.717) is 11.3 Å². The average Bonchev–Trinajstić information content (AvgIpc) is 2.40. The monoisotopic (exact) mass is 258 g/mol. The van der Waals surface area contributed by atoms with Crippen molar-refractivity contribution in [3.8, 4) is 11.5 Å². The minimum absolute atomic E-state index is 0.307. The number of carboxylic acid groups (broad SMARTS) is 1. The van der Waals surface area contributed by atoms with Crippen LogP contribution in [0.3, 0.4) is 0 Å². The summed E-state index contributed by atoms with van der Waals surface area (Å²) in [6, 6.07) is 16.1. The van der Waals surface area contributed by atoms with Crippen molar-refractivity contribution >= 4 is 5.97 Å². The molecule has 0 spiro atoms. The molecule has 0 aliphatic carbocycles. The van der Waals surface area contributed by atoms with Crippen molar-refractivity contribution in [1.82, 2.24) is 0 Å². The van der Waals surface area contributed by atoms with Crippen LogP contribution < -0.4 is 4.74 Å². The highest BCUT2D eigenvalue weighted by atomic mass is 16.5. The van der Waals surface area contributed by atoms with Crippen LogP contribution in [0.25, 0.3) is 0 Å². The third-order valence-corrected chi connectivity index (χ3v) is 2.61. The Hall–Kier alpha value is -2.33. The Labute approximate surface area is 110 Å². The smallest absolute Gasteiger partial charge is 0.306 e. The van der Waals surface area contributed by atoms with Crippen LogP contribution in [0.1, 0.15) is 18.1 Å². The van der Waals surface area contributed by atoms with Gasteiger partial charge in [0.05, 0.1) is 12.5 Å². The molecule has 0 amide bonds. The van der Waals surface area contributed by atoms with Gasteiger partial charge in [-0.05, 0) is 29.8 Å². The number of para-hydroxylation sites is 1. The lowest BCUT2D eigenvalue weighted by Crippen LogP contribution is -2.05. The van der Waals surface area contributed by atoms with Crippen molar-refractivity contribution in [3.63, 3.8) is 0 Å². The third-order valence-electron chi connectivity index (χ3n) is 2.61. The maximum Gasteiger partial charge on any atom is 0.306 e. The average molecular weight is 258 g/mol. The molecule has 2 N–H and O–H groups in total. The van der Waals surface area contributed by atoms with Crippen LogP contribution in [0.5, 0.6) is 11.5 Å². The van der Waals surface area contributed by atoms with Gasteiger partial charge < -0.3 is 14.9 Å². The molecule has 1 unspecified atom stereocenters. The van der Waals surface area contributed by atoms with E-state index in [2.05, 4.69) is 0 Å². The van der Waals surface area contributed by atoms with E-state index in [1.165, 1.54) is 0 Å². The van der Waals surface area contributed by atoms with E-state index in [0.717, 1.165) is 5.75 Å². The Kier molecular flexibility index (Phi) is 4.15. The van der Waals surface area contributed by atoms with Gasteiger partial charge >= 0.3 is 5.97 Å². The summed E-state index contributed by atoms with van der Waals surface area (Å²) in [7, 11) is 0. The molecule has 0 saturated heterocycles. The summed E-state index contributed by atoms with van der Waals surface area (Å²) in [5, 5.41) is 18.3. The summed E-state index contributed by atoms with van der Waals surface area (Å²) >= 11 is 0. The van der Waals surface area contributed by atoms with E-state index < -0.39 is 12.1 Å². The molecule has 0 heterocycles. The molecule has 2 aromatic carbocycles. The molecule has 2 aromatic rings. The summed E-state index contributed by atoms with van der Waals surface area (Å²) in [6.45, 7) is 0. The zero-order valence-electron chi connectivity index (χ0n) is 10.2. The minimum atomic E-state index is -1.03. The fraction of sp³-hybridized carbons (Fsp3) is 0.133. The number of carbonyl (C=O) groups is 1. The van der Waals surface area contributed by atoms with Crippen molar-refractivity contribution in [2.45, 2.75) is 12.5 Å². The van der Waals surface area contributed by atoms with Gasteiger partial charge in [-0.25, -0.2) is 0 Å². The highest BCUT2D eigenvalue weighted by Crippen LogP contribution is 2.24. The van der Waals surface area contributed by atoms with Crippen molar-refractivity contribution in [1.29, 1.82) is 0 Å². The number of carboxylic acids is 1. The van der Waals surface area contributed by atoms with E-state index in [1.54, 1.807) is 24.3 Å². The zero-order chi connectivity index (χ0) is 13.7. The summed E-state index contributed by atoms with van der Waals surface area (Å²) in [6.07, 6.45) is -1.30. The van der Waals surface area contributed by atoms with Crippen molar-refractivity contribution in [3.05, 3.63) is 60.2 Å². The highest BCUT2D eigenvalue weighted by molar-refractivity contribution is 5.67. The van der Waals surface area contributed by atoms with Gasteiger partial charge in [-0.15, -0.1) is 0 Å². The second-order valence-corrected chi connectivity index (χ2v) is 4.10. The standard InChI is InChI=1S/C15H14O4/c16-14(10-15(17)18)11-6-8-13(9-7-11)19-12-4-2-1-3-5-12/h1-9,14,16H,10H2,(H,17,18). The SMILES string of the molecule is O=C(O)CC(O)c1ccc(Oc2ccccc2)cc1. The molecule has 19 heavy (non-hydrogen) atoms. The molecule has 0 radical (unpaired) electrons. The van der Waals surface area contributed by atoms with Crippen LogP contribution in [0.2, 0.25) is 0 Å².